The molecule has 1 aliphatic carbocycles. The molecule has 142 valence electrons. The summed E-state index contributed by atoms with van der Waals surface area (Å²) in [5, 5.41) is 9.97. The van der Waals surface area contributed by atoms with E-state index in [-0.39, 0.29) is 17.8 Å². The van der Waals surface area contributed by atoms with Crippen molar-refractivity contribution >= 4 is 9.84 Å². The minimum Gasteiger partial charge on any atom is -0.382 e. The Labute approximate surface area is 145 Å². The van der Waals surface area contributed by atoms with Crippen molar-refractivity contribution in [2.45, 2.75) is 36.2 Å². The van der Waals surface area contributed by atoms with Gasteiger partial charge in [-0.15, -0.1) is 0 Å². The summed E-state index contributed by atoms with van der Waals surface area (Å²) in [5.41, 5.74) is -1.29. The van der Waals surface area contributed by atoms with Crippen molar-refractivity contribution < 1.29 is 35.5 Å². The number of aliphatic hydroxyl groups excluding tert-OH is 1. The summed E-state index contributed by atoms with van der Waals surface area (Å²) in [6, 6.07) is 2.75. The van der Waals surface area contributed by atoms with Crippen molar-refractivity contribution in [2.75, 3.05) is 6.26 Å². The van der Waals surface area contributed by atoms with E-state index in [2.05, 4.69) is 0 Å². The van der Waals surface area contributed by atoms with E-state index in [1.807, 2.05) is 0 Å². The Balaban J connectivity index is 2.27. The van der Waals surface area contributed by atoms with Crippen LogP contribution in [0.3, 0.4) is 0 Å². The second-order valence-electron chi connectivity index (χ2n) is 6.17. The van der Waals surface area contributed by atoms with Crippen molar-refractivity contribution in [2.24, 2.45) is 0 Å². The Morgan fingerprint density at radius 2 is 1.96 bits per heavy atom. The largest absolute Gasteiger partial charge is 0.382 e. The average Bonchev–Trinajstić information content (AvgIpc) is 2.91. The predicted octanol–water partition coefficient (Wildman–Crippen LogP) is 3.57. The number of rotatable bonds is 3. The Morgan fingerprint density at radius 3 is 2.54 bits per heavy atom. The molecule has 3 rings (SSSR count). The number of hydrogen-bond donors (Lipinski definition) is 1. The molecule has 1 N–H and O–H groups in total. The first-order valence-electron chi connectivity index (χ1n) is 7.51. The monoisotopic (exact) mass is 395 g/mol. The Kier molecular flexibility index (Phi) is 4.39. The van der Waals surface area contributed by atoms with Gasteiger partial charge in [0.25, 0.3) is 12.3 Å². The molecule has 0 fully saturated rings. The molecule has 0 spiro atoms. The normalized spacial score (nSPS) is 19.6. The summed E-state index contributed by atoms with van der Waals surface area (Å²) >= 11 is 0. The van der Waals surface area contributed by atoms with Gasteiger partial charge >= 0.3 is 0 Å². The predicted molar refractivity (Wildman–Crippen MR) is 82.0 cm³/mol. The van der Waals surface area contributed by atoms with Crippen LogP contribution in [-0.4, -0.2) is 30.3 Å². The molecular weight excluding hydrogens is 381 g/mol. The standard InChI is InChI=1S/C16H14F5NO3S/c1-26(24,25)12-7-22(8-2-3-10(17)9(6-8)15(18)19)11-4-5-16(20,21)14(23)13(11)12/h2-3,6-7,14-15,23H,4-5H2,1H3. The summed E-state index contributed by atoms with van der Waals surface area (Å²) < 4.78 is 92.2. The molecule has 0 radical (unpaired) electrons. The topological polar surface area (TPSA) is 59.3 Å². The number of sulfone groups is 1. The van der Waals surface area contributed by atoms with Crippen molar-refractivity contribution in [3.05, 3.63) is 47.0 Å². The first kappa shape index (κ1) is 18.8. The van der Waals surface area contributed by atoms with Crippen LogP contribution < -0.4 is 0 Å². The summed E-state index contributed by atoms with van der Waals surface area (Å²) in [4.78, 5) is -0.512. The Bertz CT molecular complexity index is 969. The summed E-state index contributed by atoms with van der Waals surface area (Å²) in [6.45, 7) is 0. The second-order valence-corrected chi connectivity index (χ2v) is 8.15. The summed E-state index contributed by atoms with van der Waals surface area (Å²) in [7, 11) is -3.99. The molecule has 0 bridgehead atoms. The van der Waals surface area contributed by atoms with Gasteiger partial charge in [0.1, 0.15) is 11.9 Å². The molecule has 10 heteroatoms. The van der Waals surface area contributed by atoms with Crippen LogP contribution in [-0.2, 0) is 16.3 Å². The molecule has 0 saturated heterocycles. The SMILES string of the molecule is CS(=O)(=O)c1cn(-c2ccc(F)c(C(F)F)c2)c2c1C(O)C(F)(F)CC2. The molecule has 2 aromatic rings. The van der Waals surface area contributed by atoms with E-state index in [4.69, 9.17) is 0 Å². The summed E-state index contributed by atoms with van der Waals surface area (Å²) in [6.07, 6.45) is -4.68. The first-order chi connectivity index (χ1) is 11.9. The second kappa shape index (κ2) is 6.05. The lowest BCUT2D eigenvalue weighted by molar-refractivity contribution is -0.123. The zero-order valence-corrected chi connectivity index (χ0v) is 14.2. The van der Waals surface area contributed by atoms with E-state index in [1.165, 1.54) is 0 Å². The van der Waals surface area contributed by atoms with E-state index in [1.54, 1.807) is 0 Å². The third-order valence-corrected chi connectivity index (χ3v) is 5.50. The fourth-order valence-corrected chi connectivity index (χ4v) is 4.02. The van der Waals surface area contributed by atoms with E-state index in [0.29, 0.717) is 0 Å². The number of alkyl halides is 4. The van der Waals surface area contributed by atoms with Gasteiger partial charge in [-0.05, 0) is 24.6 Å². The van der Waals surface area contributed by atoms with Crippen molar-refractivity contribution in [1.82, 2.24) is 4.57 Å². The maximum Gasteiger partial charge on any atom is 0.278 e. The molecule has 4 nitrogen and oxygen atoms in total. The molecule has 1 heterocycles. The molecule has 0 amide bonds. The highest BCUT2D eigenvalue weighted by Gasteiger charge is 2.47. The lowest BCUT2D eigenvalue weighted by atomic mass is 9.91. The average molecular weight is 395 g/mol. The third kappa shape index (κ3) is 3.01. The zero-order valence-electron chi connectivity index (χ0n) is 13.4. The number of aliphatic hydroxyl groups is 1. The van der Waals surface area contributed by atoms with Crippen LogP contribution >= 0.6 is 0 Å². The van der Waals surface area contributed by atoms with Crippen molar-refractivity contribution in [3.63, 3.8) is 0 Å². The molecule has 1 unspecified atom stereocenters. The molecule has 1 aromatic heterocycles. The zero-order chi connectivity index (χ0) is 19.4. The first-order valence-corrected chi connectivity index (χ1v) is 9.40. The van der Waals surface area contributed by atoms with E-state index < -0.39 is 56.5 Å². The molecule has 1 aliphatic rings. The van der Waals surface area contributed by atoms with Gasteiger partial charge in [0.15, 0.2) is 9.84 Å². The maximum absolute atomic E-state index is 13.9. The van der Waals surface area contributed by atoms with Gasteiger partial charge in [0.05, 0.1) is 10.5 Å². The Hall–Kier alpha value is -1.94. The van der Waals surface area contributed by atoms with E-state index >= 15 is 0 Å². The highest BCUT2D eigenvalue weighted by molar-refractivity contribution is 7.90. The molecule has 1 aromatic carbocycles. The summed E-state index contributed by atoms with van der Waals surface area (Å²) in [5.74, 6) is -4.66. The van der Waals surface area contributed by atoms with E-state index in [9.17, 15) is 35.5 Å². The molecule has 0 saturated carbocycles. The molecular formula is C16H14F5NO3S. The number of hydrogen-bond acceptors (Lipinski definition) is 3. The molecule has 0 aliphatic heterocycles. The third-order valence-electron chi connectivity index (χ3n) is 4.37. The lowest BCUT2D eigenvalue weighted by Crippen LogP contribution is -2.32. The minimum atomic E-state index is -3.99. The highest BCUT2D eigenvalue weighted by Crippen LogP contribution is 2.45. The Morgan fingerprint density at radius 1 is 1.31 bits per heavy atom. The van der Waals surface area contributed by atoms with Crippen LogP contribution in [0.25, 0.3) is 5.69 Å². The highest BCUT2D eigenvalue weighted by atomic mass is 32.2. The number of benzene rings is 1. The smallest absolute Gasteiger partial charge is 0.278 e. The van der Waals surface area contributed by atoms with Crippen LogP contribution in [0.5, 0.6) is 0 Å². The van der Waals surface area contributed by atoms with Crippen LogP contribution in [0.15, 0.2) is 29.3 Å². The van der Waals surface area contributed by atoms with Crippen LogP contribution in [0.2, 0.25) is 0 Å². The number of nitrogens with zero attached hydrogens (tertiary/aromatic N) is 1. The fraction of sp³-hybridized carbons (Fsp3) is 0.375. The van der Waals surface area contributed by atoms with Gasteiger partial charge in [-0.3, -0.25) is 0 Å². The van der Waals surface area contributed by atoms with Crippen molar-refractivity contribution in [1.29, 1.82) is 0 Å². The van der Waals surface area contributed by atoms with E-state index in [0.717, 1.165) is 35.2 Å². The van der Waals surface area contributed by atoms with Gasteiger partial charge in [0.2, 0.25) is 0 Å². The molecule has 26 heavy (non-hydrogen) atoms. The van der Waals surface area contributed by atoms with Crippen LogP contribution in [0.1, 0.15) is 35.8 Å². The molecule has 1 atom stereocenters. The van der Waals surface area contributed by atoms with Gasteiger partial charge in [-0.2, -0.15) is 0 Å². The maximum atomic E-state index is 13.9. The fourth-order valence-electron chi connectivity index (χ4n) is 3.09. The lowest BCUT2D eigenvalue weighted by Gasteiger charge is -2.29. The number of halogens is 5. The number of fused-ring (bicyclic) bond motifs is 1. The van der Waals surface area contributed by atoms with Gasteiger partial charge in [0, 0.05) is 35.8 Å². The van der Waals surface area contributed by atoms with Gasteiger partial charge in [-0.25, -0.2) is 30.4 Å². The van der Waals surface area contributed by atoms with Crippen LogP contribution in [0.4, 0.5) is 22.0 Å². The number of aromatic nitrogens is 1. The van der Waals surface area contributed by atoms with Gasteiger partial charge in [-0.1, -0.05) is 0 Å². The quantitative estimate of drug-likeness (QED) is 0.809. The minimum absolute atomic E-state index is 0.00901. The van der Waals surface area contributed by atoms with Crippen molar-refractivity contribution in [3.8, 4) is 5.69 Å². The van der Waals surface area contributed by atoms with Crippen LogP contribution in [0, 0.1) is 5.82 Å². The van der Waals surface area contributed by atoms with Gasteiger partial charge < -0.3 is 9.67 Å².